The molecule has 1 amide bonds. The molecule has 4 N–H and O–H groups in total. The highest BCUT2D eigenvalue weighted by molar-refractivity contribution is 5.88. The molecule has 0 saturated carbocycles. The summed E-state index contributed by atoms with van der Waals surface area (Å²) in [6.45, 7) is 1.56. The van der Waals surface area contributed by atoms with Crippen LogP contribution in [0.4, 0.5) is 0 Å². The van der Waals surface area contributed by atoms with Crippen molar-refractivity contribution in [2.75, 3.05) is 13.7 Å². The molecule has 0 aromatic carbocycles. The first-order chi connectivity index (χ1) is 9.42. The fraction of sp³-hybridized carbons (Fsp3) is 0.667. The number of aliphatic hydroxyl groups excluding tert-OH is 3. The minimum absolute atomic E-state index is 0.0949. The molecule has 2 aliphatic rings. The lowest BCUT2D eigenvalue weighted by atomic mass is 10.00. The molecule has 0 aromatic rings. The predicted octanol–water partition coefficient (Wildman–Crippen LogP) is -2.21. The van der Waals surface area contributed by atoms with Crippen LogP contribution in [0.2, 0.25) is 0 Å². The van der Waals surface area contributed by atoms with E-state index in [1.807, 2.05) is 0 Å². The standard InChI is InChI=1S/C12H19N3O5/c1-7(16)10-9(18)11(19)12(20-10,5-13-2)15-4-3-8(17)14-6-15/h3-5,7,9-11,16,18-19H,6H2,1-2H3,(H,14,17)/b13-5-/t7-,9-,10-,11+,12-/m1/s1. The zero-order valence-electron chi connectivity index (χ0n) is 11.3. The summed E-state index contributed by atoms with van der Waals surface area (Å²) in [5, 5.41) is 32.6. The average Bonchev–Trinajstić information content (AvgIpc) is 2.66. The number of nitrogens with zero attached hydrogens (tertiary/aromatic N) is 2. The molecule has 2 heterocycles. The molecule has 112 valence electrons. The van der Waals surface area contributed by atoms with Gasteiger partial charge in [0.1, 0.15) is 18.3 Å². The van der Waals surface area contributed by atoms with Gasteiger partial charge in [-0.05, 0) is 6.92 Å². The third kappa shape index (κ3) is 2.31. The van der Waals surface area contributed by atoms with Gasteiger partial charge in [-0.3, -0.25) is 9.79 Å². The van der Waals surface area contributed by atoms with Crippen LogP contribution in [0.1, 0.15) is 6.92 Å². The Bertz CT molecular complexity index is 439. The minimum atomic E-state index is -1.43. The summed E-state index contributed by atoms with van der Waals surface area (Å²) in [7, 11) is 1.51. The number of amides is 1. The van der Waals surface area contributed by atoms with Gasteiger partial charge in [0.25, 0.3) is 0 Å². The van der Waals surface area contributed by atoms with Crippen molar-refractivity contribution in [2.45, 2.75) is 37.1 Å². The summed E-state index contributed by atoms with van der Waals surface area (Å²) in [6.07, 6.45) is -0.396. The van der Waals surface area contributed by atoms with Gasteiger partial charge in [-0.15, -0.1) is 0 Å². The Kier molecular flexibility index (Phi) is 4.09. The molecule has 0 aromatic heterocycles. The summed E-state index contributed by atoms with van der Waals surface area (Å²) < 4.78 is 5.67. The number of carbonyl (C=O) groups excluding carboxylic acids is 1. The summed E-state index contributed by atoms with van der Waals surface area (Å²) in [6, 6.07) is 0. The summed E-state index contributed by atoms with van der Waals surface area (Å²) in [5.41, 5.74) is -1.43. The van der Waals surface area contributed by atoms with Gasteiger partial charge in [-0.2, -0.15) is 0 Å². The molecule has 8 heteroatoms. The first-order valence-corrected chi connectivity index (χ1v) is 6.30. The number of ether oxygens (including phenoxy) is 1. The van der Waals surface area contributed by atoms with Gasteiger partial charge >= 0.3 is 0 Å². The van der Waals surface area contributed by atoms with Gasteiger partial charge in [0.2, 0.25) is 11.6 Å². The van der Waals surface area contributed by atoms with Crippen LogP contribution < -0.4 is 5.32 Å². The van der Waals surface area contributed by atoms with Crippen LogP contribution in [0.3, 0.4) is 0 Å². The Labute approximate surface area is 116 Å². The number of rotatable bonds is 3. The second kappa shape index (κ2) is 5.49. The van der Waals surface area contributed by atoms with Crippen molar-refractivity contribution < 1.29 is 24.9 Å². The van der Waals surface area contributed by atoms with Gasteiger partial charge < -0.3 is 30.3 Å². The maximum atomic E-state index is 11.2. The Morgan fingerprint density at radius 1 is 1.65 bits per heavy atom. The Morgan fingerprint density at radius 3 is 2.80 bits per heavy atom. The molecule has 1 saturated heterocycles. The fourth-order valence-electron chi connectivity index (χ4n) is 2.44. The number of hydrogen-bond acceptors (Lipinski definition) is 7. The maximum Gasteiger partial charge on any atom is 0.246 e. The van der Waals surface area contributed by atoms with Crippen molar-refractivity contribution >= 4 is 12.1 Å². The summed E-state index contributed by atoms with van der Waals surface area (Å²) in [5.74, 6) is -0.259. The van der Waals surface area contributed by atoms with E-state index >= 15 is 0 Å². The molecule has 2 aliphatic heterocycles. The van der Waals surface area contributed by atoms with E-state index in [4.69, 9.17) is 4.74 Å². The van der Waals surface area contributed by atoms with Crippen molar-refractivity contribution in [1.82, 2.24) is 10.2 Å². The highest BCUT2D eigenvalue weighted by Crippen LogP contribution is 2.35. The second-order valence-corrected chi connectivity index (χ2v) is 4.88. The van der Waals surface area contributed by atoms with E-state index in [0.29, 0.717) is 0 Å². The van der Waals surface area contributed by atoms with Crippen LogP contribution in [0.5, 0.6) is 0 Å². The van der Waals surface area contributed by atoms with E-state index in [9.17, 15) is 20.1 Å². The van der Waals surface area contributed by atoms with Crippen LogP contribution in [0.15, 0.2) is 17.3 Å². The number of aliphatic imine (C=N–C) groups is 1. The molecule has 0 unspecified atom stereocenters. The van der Waals surface area contributed by atoms with Crippen LogP contribution in [-0.2, 0) is 9.53 Å². The van der Waals surface area contributed by atoms with E-state index in [1.165, 1.54) is 37.4 Å². The molecular weight excluding hydrogens is 266 g/mol. The van der Waals surface area contributed by atoms with Gasteiger partial charge in [-0.25, -0.2) is 0 Å². The second-order valence-electron chi connectivity index (χ2n) is 4.88. The number of aliphatic hydroxyl groups is 3. The Balaban J connectivity index is 2.35. The van der Waals surface area contributed by atoms with Crippen LogP contribution in [0, 0.1) is 0 Å². The summed E-state index contributed by atoms with van der Waals surface area (Å²) >= 11 is 0. The maximum absolute atomic E-state index is 11.2. The Morgan fingerprint density at radius 2 is 2.35 bits per heavy atom. The first-order valence-electron chi connectivity index (χ1n) is 6.30. The van der Waals surface area contributed by atoms with E-state index in [0.717, 1.165) is 0 Å². The third-order valence-corrected chi connectivity index (χ3v) is 3.48. The van der Waals surface area contributed by atoms with Gasteiger partial charge in [0, 0.05) is 19.3 Å². The molecule has 20 heavy (non-hydrogen) atoms. The fourth-order valence-corrected chi connectivity index (χ4v) is 2.44. The zero-order chi connectivity index (χ0) is 14.9. The third-order valence-electron chi connectivity index (χ3n) is 3.48. The quantitative estimate of drug-likeness (QED) is 0.437. The van der Waals surface area contributed by atoms with Gasteiger partial charge in [0.15, 0.2) is 0 Å². The smallest absolute Gasteiger partial charge is 0.246 e. The van der Waals surface area contributed by atoms with Crippen LogP contribution in [-0.4, -0.2) is 76.2 Å². The van der Waals surface area contributed by atoms with Crippen LogP contribution >= 0.6 is 0 Å². The van der Waals surface area contributed by atoms with E-state index in [2.05, 4.69) is 10.3 Å². The number of hydrogen-bond donors (Lipinski definition) is 4. The molecule has 8 nitrogen and oxygen atoms in total. The Hall–Kier alpha value is -1.48. The van der Waals surface area contributed by atoms with Crippen LogP contribution in [0.25, 0.3) is 0 Å². The van der Waals surface area contributed by atoms with E-state index in [1.54, 1.807) is 0 Å². The monoisotopic (exact) mass is 285 g/mol. The van der Waals surface area contributed by atoms with E-state index in [-0.39, 0.29) is 12.6 Å². The van der Waals surface area contributed by atoms with Crippen molar-refractivity contribution in [2.24, 2.45) is 4.99 Å². The van der Waals surface area contributed by atoms with Crippen molar-refractivity contribution in [3.05, 3.63) is 12.3 Å². The largest absolute Gasteiger partial charge is 0.391 e. The minimum Gasteiger partial charge on any atom is -0.391 e. The van der Waals surface area contributed by atoms with Gasteiger partial charge in [0.05, 0.1) is 19.0 Å². The first kappa shape index (κ1) is 14.9. The molecule has 5 atom stereocenters. The highest BCUT2D eigenvalue weighted by atomic mass is 16.6. The molecule has 1 fully saturated rings. The predicted molar refractivity (Wildman–Crippen MR) is 69.7 cm³/mol. The molecule has 2 rings (SSSR count). The lowest BCUT2D eigenvalue weighted by Gasteiger charge is -2.40. The molecule has 0 radical (unpaired) electrons. The van der Waals surface area contributed by atoms with Crippen molar-refractivity contribution in [3.63, 3.8) is 0 Å². The topological polar surface area (TPSA) is 115 Å². The van der Waals surface area contributed by atoms with Crippen molar-refractivity contribution in [1.29, 1.82) is 0 Å². The number of nitrogens with one attached hydrogen (secondary N) is 1. The lowest BCUT2D eigenvalue weighted by Crippen LogP contribution is -2.59. The SMILES string of the molecule is C/N=C\[C@@]1(N2C=CC(=O)NC2)O[C@H]([C@@H](C)O)[C@@H](O)[C@@H]1O. The van der Waals surface area contributed by atoms with Gasteiger partial charge in [-0.1, -0.05) is 0 Å². The highest BCUT2D eigenvalue weighted by Gasteiger charge is 2.57. The van der Waals surface area contributed by atoms with E-state index < -0.39 is 30.1 Å². The molecular formula is C12H19N3O5. The number of carbonyl (C=O) groups is 1. The van der Waals surface area contributed by atoms with Crippen molar-refractivity contribution in [3.8, 4) is 0 Å². The summed E-state index contributed by atoms with van der Waals surface area (Å²) in [4.78, 5) is 16.5. The zero-order valence-corrected chi connectivity index (χ0v) is 11.3. The molecule has 0 bridgehead atoms. The lowest BCUT2D eigenvalue weighted by molar-refractivity contribution is -0.140. The normalized spacial score (nSPS) is 39.4. The molecule has 0 aliphatic carbocycles. The molecule has 0 spiro atoms. The average molecular weight is 285 g/mol.